The van der Waals surface area contributed by atoms with E-state index in [-0.39, 0.29) is 11.4 Å². The number of aromatic nitrogens is 1. The van der Waals surface area contributed by atoms with Gasteiger partial charge in [-0.1, -0.05) is 0 Å². The second-order valence-electron chi connectivity index (χ2n) is 6.29. The van der Waals surface area contributed by atoms with Crippen LogP contribution in [0.25, 0.3) is 0 Å². The van der Waals surface area contributed by atoms with Crippen LogP contribution >= 0.6 is 0 Å². The average molecular weight is 279 g/mol. The lowest BCUT2D eigenvalue weighted by molar-refractivity contribution is -0.135. The van der Waals surface area contributed by atoms with Crippen molar-refractivity contribution in [3.8, 4) is 0 Å². The van der Waals surface area contributed by atoms with Crippen LogP contribution in [0, 0.1) is 0 Å². The maximum absolute atomic E-state index is 12.1. The van der Waals surface area contributed by atoms with Crippen LogP contribution in [0.2, 0.25) is 0 Å². The van der Waals surface area contributed by atoms with Crippen molar-refractivity contribution < 1.29 is 9.53 Å². The van der Waals surface area contributed by atoms with Crippen molar-refractivity contribution in [3.05, 3.63) is 24.0 Å². The van der Waals surface area contributed by atoms with E-state index < -0.39 is 0 Å². The summed E-state index contributed by atoms with van der Waals surface area (Å²) in [5.41, 5.74) is 1.31. The summed E-state index contributed by atoms with van der Waals surface area (Å²) in [5, 5.41) is 3.44. The first-order chi connectivity index (χ1) is 9.44. The van der Waals surface area contributed by atoms with Gasteiger partial charge in [0.1, 0.15) is 6.54 Å². The molecule has 0 unspecified atom stereocenters. The Kier molecular flexibility index (Phi) is 4.83. The van der Waals surface area contributed by atoms with E-state index >= 15 is 0 Å². The molecule has 2 heterocycles. The van der Waals surface area contributed by atoms with Crippen LogP contribution in [0.4, 0.5) is 0 Å². The Bertz CT molecular complexity index is 442. The second kappa shape index (κ2) is 6.41. The van der Waals surface area contributed by atoms with Crippen LogP contribution in [0.1, 0.15) is 26.3 Å². The molecular weight excluding hydrogens is 254 g/mol. The number of hydrogen-bond donors (Lipinski definition) is 1. The number of rotatable bonds is 4. The van der Waals surface area contributed by atoms with Gasteiger partial charge >= 0.3 is 0 Å². The number of nitrogens with zero attached hydrogens (tertiary/aromatic N) is 2. The molecule has 5 heteroatoms. The fraction of sp³-hybridized carbons (Fsp3) is 0.667. The van der Waals surface area contributed by atoms with Crippen LogP contribution in [0.5, 0.6) is 0 Å². The number of carbonyl (C=O) groups is 1. The first kappa shape index (κ1) is 15.1. The number of carbonyl (C=O) groups excluding carboxylic acids is 1. The lowest BCUT2D eigenvalue weighted by atomic mass is 10.1. The molecule has 0 bridgehead atoms. The standard InChI is InChI=1S/C15H25N3O2/c1-15(2,3)16-10-13-4-5-17(11-13)12-14(19)18-6-8-20-9-7-18/h4-5,11,16H,6-10,12H2,1-3H3. The number of amides is 1. The fourth-order valence-electron chi connectivity index (χ4n) is 2.13. The van der Waals surface area contributed by atoms with Gasteiger partial charge in [-0.05, 0) is 32.4 Å². The predicted octanol–water partition coefficient (Wildman–Crippen LogP) is 1.23. The highest BCUT2D eigenvalue weighted by molar-refractivity contribution is 5.76. The summed E-state index contributed by atoms with van der Waals surface area (Å²) < 4.78 is 7.21. The van der Waals surface area contributed by atoms with Crippen molar-refractivity contribution in [1.29, 1.82) is 0 Å². The summed E-state index contributed by atoms with van der Waals surface area (Å²) >= 11 is 0. The molecule has 0 spiro atoms. The third-order valence-electron chi connectivity index (χ3n) is 3.32. The van der Waals surface area contributed by atoms with Gasteiger partial charge in [0, 0.05) is 37.6 Å². The van der Waals surface area contributed by atoms with Crippen molar-refractivity contribution in [2.24, 2.45) is 0 Å². The lowest BCUT2D eigenvalue weighted by Gasteiger charge is -2.27. The van der Waals surface area contributed by atoms with Crippen molar-refractivity contribution in [2.75, 3.05) is 26.3 Å². The average Bonchev–Trinajstić information content (AvgIpc) is 2.84. The molecule has 0 radical (unpaired) electrons. The third-order valence-corrected chi connectivity index (χ3v) is 3.32. The topological polar surface area (TPSA) is 46.5 Å². The zero-order chi connectivity index (χ0) is 14.6. The molecule has 20 heavy (non-hydrogen) atoms. The largest absolute Gasteiger partial charge is 0.378 e. The maximum atomic E-state index is 12.1. The fourth-order valence-corrected chi connectivity index (χ4v) is 2.13. The van der Waals surface area contributed by atoms with Crippen LogP contribution < -0.4 is 5.32 Å². The molecule has 112 valence electrons. The Labute approximate surface area is 120 Å². The van der Waals surface area contributed by atoms with Crippen molar-refractivity contribution in [1.82, 2.24) is 14.8 Å². The molecule has 0 aliphatic carbocycles. The van der Waals surface area contributed by atoms with E-state index in [1.54, 1.807) is 0 Å². The summed E-state index contributed by atoms with van der Waals surface area (Å²) in [5.74, 6) is 0.166. The molecule has 0 saturated carbocycles. The number of nitrogens with one attached hydrogen (secondary N) is 1. The Balaban J connectivity index is 1.84. The number of hydrogen-bond acceptors (Lipinski definition) is 3. The van der Waals surface area contributed by atoms with Crippen LogP contribution in [0.3, 0.4) is 0 Å². The minimum atomic E-state index is 0.103. The molecule has 2 rings (SSSR count). The SMILES string of the molecule is CC(C)(C)NCc1ccn(CC(=O)N2CCOCC2)c1. The molecule has 0 aromatic carbocycles. The van der Waals surface area contributed by atoms with Gasteiger partial charge in [0.25, 0.3) is 0 Å². The van der Waals surface area contributed by atoms with Gasteiger partial charge < -0.3 is 19.5 Å². The summed E-state index contributed by atoms with van der Waals surface area (Å²) in [6.07, 6.45) is 4.01. The van der Waals surface area contributed by atoms with E-state index in [0.717, 1.165) is 6.54 Å². The molecule has 1 aromatic rings. The highest BCUT2D eigenvalue weighted by Gasteiger charge is 2.17. The molecular formula is C15H25N3O2. The summed E-state index contributed by atoms with van der Waals surface area (Å²) in [6, 6.07) is 2.06. The van der Waals surface area contributed by atoms with Gasteiger partial charge in [0.2, 0.25) is 5.91 Å². The molecule has 5 nitrogen and oxygen atoms in total. The van der Waals surface area contributed by atoms with Gasteiger partial charge in [-0.25, -0.2) is 0 Å². The van der Waals surface area contributed by atoms with E-state index in [0.29, 0.717) is 32.8 Å². The Morgan fingerprint density at radius 1 is 1.35 bits per heavy atom. The van der Waals surface area contributed by atoms with Crippen molar-refractivity contribution in [3.63, 3.8) is 0 Å². The van der Waals surface area contributed by atoms with E-state index in [9.17, 15) is 4.79 Å². The molecule has 1 aliphatic rings. The number of morpholine rings is 1. The van der Waals surface area contributed by atoms with E-state index in [1.807, 2.05) is 21.9 Å². The lowest BCUT2D eigenvalue weighted by Crippen LogP contribution is -2.42. The Morgan fingerprint density at radius 2 is 2.05 bits per heavy atom. The maximum Gasteiger partial charge on any atom is 0.242 e. The minimum absolute atomic E-state index is 0.103. The van der Waals surface area contributed by atoms with Gasteiger partial charge in [-0.15, -0.1) is 0 Å². The molecule has 1 aromatic heterocycles. The molecule has 1 fully saturated rings. The Morgan fingerprint density at radius 3 is 2.70 bits per heavy atom. The Hall–Kier alpha value is -1.33. The van der Waals surface area contributed by atoms with E-state index in [4.69, 9.17) is 4.74 Å². The van der Waals surface area contributed by atoms with Crippen LogP contribution in [0.15, 0.2) is 18.5 Å². The van der Waals surface area contributed by atoms with Gasteiger partial charge in [0.05, 0.1) is 13.2 Å². The predicted molar refractivity (Wildman–Crippen MR) is 78.4 cm³/mol. The molecule has 1 amide bonds. The van der Waals surface area contributed by atoms with Gasteiger partial charge in [0.15, 0.2) is 0 Å². The third kappa shape index (κ3) is 4.65. The summed E-state index contributed by atoms with van der Waals surface area (Å²) in [6.45, 7) is 10.4. The first-order valence-electron chi connectivity index (χ1n) is 7.19. The summed E-state index contributed by atoms with van der Waals surface area (Å²) in [7, 11) is 0. The molecule has 0 atom stereocenters. The molecule has 1 saturated heterocycles. The second-order valence-corrected chi connectivity index (χ2v) is 6.29. The van der Waals surface area contributed by atoms with E-state index in [2.05, 4.69) is 32.2 Å². The normalized spacial score (nSPS) is 16.4. The van der Waals surface area contributed by atoms with Gasteiger partial charge in [-0.3, -0.25) is 4.79 Å². The highest BCUT2D eigenvalue weighted by atomic mass is 16.5. The van der Waals surface area contributed by atoms with Crippen molar-refractivity contribution >= 4 is 5.91 Å². The monoisotopic (exact) mass is 279 g/mol. The smallest absolute Gasteiger partial charge is 0.242 e. The molecule has 1 aliphatic heterocycles. The quantitative estimate of drug-likeness (QED) is 0.902. The van der Waals surface area contributed by atoms with Gasteiger partial charge in [-0.2, -0.15) is 0 Å². The number of ether oxygens (including phenoxy) is 1. The summed E-state index contributed by atoms with van der Waals surface area (Å²) in [4.78, 5) is 14.0. The first-order valence-corrected chi connectivity index (χ1v) is 7.19. The molecule has 1 N–H and O–H groups in total. The van der Waals surface area contributed by atoms with E-state index in [1.165, 1.54) is 5.56 Å². The minimum Gasteiger partial charge on any atom is -0.378 e. The zero-order valence-electron chi connectivity index (χ0n) is 12.7. The van der Waals surface area contributed by atoms with Crippen LogP contribution in [-0.4, -0.2) is 47.2 Å². The highest BCUT2D eigenvalue weighted by Crippen LogP contribution is 2.06. The zero-order valence-corrected chi connectivity index (χ0v) is 12.7. The van der Waals surface area contributed by atoms with Crippen LogP contribution in [-0.2, 0) is 22.6 Å². The van der Waals surface area contributed by atoms with Crippen molar-refractivity contribution in [2.45, 2.75) is 39.4 Å².